The van der Waals surface area contributed by atoms with Crippen molar-refractivity contribution in [3.63, 3.8) is 0 Å². The smallest absolute Gasteiger partial charge is 0.227 e. The quantitative estimate of drug-likeness (QED) is 0.892. The Morgan fingerprint density at radius 3 is 2.43 bits per heavy atom. The molecule has 0 radical (unpaired) electrons. The van der Waals surface area contributed by atoms with E-state index in [0.29, 0.717) is 13.0 Å². The Morgan fingerprint density at radius 2 is 1.81 bits per heavy atom. The van der Waals surface area contributed by atoms with E-state index in [0.717, 1.165) is 38.4 Å². The standard InChI is InChI=1S/C16H24N4O/c1-18-6-8-19(9-7-18)14-4-2-3-5-15(14)20-12-13(11-17)10-16(20)21/h2-5,13H,6-12,17H2,1H3. The van der Waals surface area contributed by atoms with E-state index in [4.69, 9.17) is 5.73 Å². The van der Waals surface area contributed by atoms with Gasteiger partial charge in [0.2, 0.25) is 5.91 Å². The van der Waals surface area contributed by atoms with Crippen LogP contribution in [0.25, 0.3) is 0 Å². The van der Waals surface area contributed by atoms with Gasteiger partial charge >= 0.3 is 0 Å². The Bertz CT molecular complexity index is 511. The lowest BCUT2D eigenvalue weighted by atomic mass is 10.1. The van der Waals surface area contributed by atoms with Crippen molar-refractivity contribution < 1.29 is 4.79 Å². The number of nitrogens with zero attached hydrogens (tertiary/aromatic N) is 3. The number of amides is 1. The summed E-state index contributed by atoms with van der Waals surface area (Å²) in [6.07, 6.45) is 0.577. The number of anilines is 2. The van der Waals surface area contributed by atoms with E-state index in [2.05, 4.69) is 35.0 Å². The van der Waals surface area contributed by atoms with Gasteiger partial charge in [0.1, 0.15) is 0 Å². The fraction of sp³-hybridized carbons (Fsp3) is 0.562. The third-order valence-corrected chi connectivity index (χ3v) is 4.55. The maximum absolute atomic E-state index is 12.3. The highest BCUT2D eigenvalue weighted by molar-refractivity contribution is 5.99. The van der Waals surface area contributed by atoms with E-state index in [1.807, 2.05) is 11.0 Å². The molecule has 21 heavy (non-hydrogen) atoms. The number of hydrogen-bond acceptors (Lipinski definition) is 4. The zero-order chi connectivity index (χ0) is 14.8. The van der Waals surface area contributed by atoms with Crippen molar-refractivity contribution in [3.05, 3.63) is 24.3 Å². The fourth-order valence-corrected chi connectivity index (χ4v) is 3.18. The van der Waals surface area contributed by atoms with Gasteiger partial charge in [-0.15, -0.1) is 0 Å². The summed E-state index contributed by atoms with van der Waals surface area (Å²) in [7, 11) is 2.15. The predicted octanol–water partition coefficient (Wildman–Crippen LogP) is 0.750. The van der Waals surface area contributed by atoms with Crippen LogP contribution in [-0.4, -0.2) is 57.1 Å². The minimum atomic E-state index is 0.201. The Balaban J connectivity index is 1.84. The maximum atomic E-state index is 12.3. The highest BCUT2D eigenvalue weighted by Crippen LogP contribution is 2.33. The van der Waals surface area contributed by atoms with Crippen LogP contribution in [0.1, 0.15) is 6.42 Å². The van der Waals surface area contributed by atoms with E-state index in [9.17, 15) is 4.79 Å². The van der Waals surface area contributed by atoms with Crippen molar-refractivity contribution >= 4 is 17.3 Å². The largest absolute Gasteiger partial charge is 0.367 e. The van der Waals surface area contributed by atoms with Crippen LogP contribution in [0.3, 0.4) is 0 Å². The van der Waals surface area contributed by atoms with Crippen LogP contribution in [0.2, 0.25) is 0 Å². The summed E-state index contributed by atoms with van der Waals surface area (Å²) < 4.78 is 0. The van der Waals surface area contributed by atoms with Crippen molar-refractivity contribution in [2.75, 3.05) is 56.1 Å². The molecule has 1 amide bonds. The van der Waals surface area contributed by atoms with Gasteiger partial charge < -0.3 is 20.4 Å². The lowest BCUT2D eigenvalue weighted by molar-refractivity contribution is -0.117. The van der Waals surface area contributed by atoms with Gasteiger partial charge in [-0.05, 0) is 31.6 Å². The van der Waals surface area contributed by atoms with Crippen molar-refractivity contribution in [1.29, 1.82) is 0 Å². The molecule has 114 valence electrons. The van der Waals surface area contributed by atoms with Gasteiger partial charge in [-0.1, -0.05) is 12.1 Å². The zero-order valence-electron chi connectivity index (χ0n) is 12.7. The second kappa shape index (κ2) is 6.03. The van der Waals surface area contributed by atoms with Gasteiger partial charge in [-0.2, -0.15) is 0 Å². The van der Waals surface area contributed by atoms with Crippen LogP contribution in [0, 0.1) is 5.92 Å². The van der Waals surface area contributed by atoms with E-state index < -0.39 is 0 Å². The third kappa shape index (κ3) is 2.89. The number of carbonyl (C=O) groups excluding carboxylic acids is 1. The van der Waals surface area contributed by atoms with Crippen LogP contribution in [0.15, 0.2) is 24.3 Å². The molecule has 5 heteroatoms. The topological polar surface area (TPSA) is 52.8 Å². The number of rotatable bonds is 3. The van der Waals surface area contributed by atoms with Crippen molar-refractivity contribution in [3.8, 4) is 0 Å². The Kier molecular flexibility index (Phi) is 4.12. The summed E-state index contributed by atoms with van der Waals surface area (Å²) >= 11 is 0. The molecule has 0 spiro atoms. The van der Waals surface area contributed by atoms with E-state index in [1.165, 1.54) is 5.69 Å². The minimum Gasteiger partial charge on any atom is -0.367 e. The summed E-state index contributed by atoms with van der Waals surface area (Å²) in [6.45, 7) is 5.48. The van der Waals surface area contributed by atoms with Gasteiger partial charge in [-0.25, -0.2) is 0 Å². The van der Waals surface area contributed by atoms with Crippen molar-refractivity contribution in [2.45, 2.75) is 6.42 Å². The molecule has 1 aromatic carbocycles. The normalized spacial score (nSPS) is 23.9. The second-order valence-corrected chi connectivity index (χ2v) is 6.09. The molecule has 2 heterocycles. The van der Waals surface area contributed by atoms with Crippen molar-refractivity contribution in [2.24, 2.45) is 11.7 Å². The number of piperazine rings is 1. The van der Waals surface area contributed by atoms with Crippen LogP contribution in [-0.2, 0) is 4.79 Å². The summed E-state index contributed by atoms with van der Waals surface area (Å²) in [4.78, 5) is 18.9. The molecule has 2 aliphatic heterocycles. The molecule has 2 fully saturated rings. The first-order valence-electron chi connectivity index (χ1n) is 7.72. The summed E-state index contributed by atoms with van der Waals surface area (Å²) in [5.41, 5.74) is 7.96. The predicted molar refractivity (Wildman–Crippen MR) is 85.7 cm³/mol. The molecular formula is C16H24N4O. The molecule has 0 aromatic heterocycles. The van der Waals surface area contributed by atoms with Gasteiger partial charge in [0.15, 0.2) is 0 Å². The zero-order valence-corrected chi connectivity index (χ0v) is 12.7. The number of para-hydroxylation sites is 2. The summed E-state index contributed by atoms with van der Waals surface area (Å²) in [5.74, 6) is 0.491. The lowest BCUT2D eigenvalue weighted by Gasteiger charge is -2.36. The number of benzene rings is 1. The van der Waals surface area contributed by atoms with Crippen LogP contribution >= 0.6 is 0 Å². The first kappa shape index (κ1) is 14.4. The van der Waals surface area contributed by atoms with Gasteiger partial charge in [0, 0.05) is 39.1 Å². The SMILES string of the molecule is CN1CCN(c2ccccc2N2CC(CN)CC2=O)CC1. The summed E-state index contributed by atoms with van der Waals surface area (Å²) in [6, 6.07) is 8.25. The molecule has 5 nitrogen and oxygen atoms in total. The first-order chi connectivity index (χ1) is 10.2. The molecule has 0 bridgehead atoms. The molecule has 0 saturated carbocycles. The molecule has 0 aliphatic carbocycles. The number of nitrogens with two attached hydrogens (primary N) is 1. The highest BCUT2D eigenvalue weighted by Gasteiger charge is 2.31. The molecule has 2 aliphatic rings. The maximum Gasteiger partial charge on any atom is 0.227 e. The monoisotopic (exact) mass is 288 g/mol. The first-order valence-corrected chi connectivity index (χ1v) is 7.72. The number of carbonyl (C=O) groups is 1. The molecule has 3 rings (SSSR count). The van der Waals surface area contributed by atoms with E-state index in [-0.39, 0.29) is 11.8 Å². The van der Waals surface area contributed by atoms with Crippen LogP contribution in [0.5, 0.6) is 0 Å². The van der Waals surface area contributed by atoms with Crippen LogP contribution in [0.4, 0.5) is 11.4 Å². The van der Waals surface area contributed by atoms with Gasteiger partial charge in [-0.3, -0.25) is 4.79 Å². The molecule has 1 unspecified atom stereocenters. The average molecular weight is 288 g/mol. The Morgan fingerprint density at radius 1 is 1.14 bits per heavy atom. The molecule has 2 N–H and O–H groups in total. The molecule has 1 aromatic rings. The number of likely N-dealkylation sites (N-methyl/N-ethyl adjacent to an activating group) is 1. The number of hydrogen-bond donors (Lipinski definition) is 1. The van der Waals surface area contributed by atoms with Crippen molar-refractivity contribution in [1.82, 2.24) is 4.90 Å². The van der Waals surface area contributed by atoms with Gasteiger partial charge in [0.05, 0.1) is 11.4 Å². The Labute approximate surface area is 126 Å². The second-order valence-electron chi connectivity index (χ2n) is 6.09. The molecule has 1 atom stereocenters. The lowest BCUT2D eigenvalue weighted by Crippen LogP contribution is -2.45. The third-order valence-electron chi connectivity index (χ3n) is 4.55. The average Bonchev–Trinajstić information content (AvgIpc) is 2.89. The summed E-state index contributed by atoms with van der Waals surface area (Å²) in [5, 5.41) is 0. The minimum absolute atomic E-state index is 0.201. The molecule has 2 saturated heterocycles. The fourth-order valence-electron chi connectivity index (χ4n) is 3.18. The van der Waals surface area contributed by atoms with Crippen LogP contribution < -0.4 is 15.5 Å². The van der Waals surface area contributed by atoms with E-state index >= 15 is 0 Å². The van der Waals surface area contributed by atoms with Gasteiger partial charge in [0.25, 0.3) is 0 Å². The molecular weight excluding hydrogens is 264 g/mol. The highest BCUT2D eigenvalue weighted by atomic mass is 16.2. The Hall–Kier alpha value is -1.59. The van der Waals surface area contributed by atoms with E-state index in [1.54, 1.807) is 0 Å².